The fourth-order valence-corrected chi connectivity index (χ4v) is 5.02. The van der Waals surface area contributed by atoms with E-state index in [2.05, 4.69) is 9.97 Å². The van der Waals surface area contributed by atoms with Crippen LogP contribution in [0.1, 0.15) is 18.2 Å². The average Bonchev–Trinajstić information content (AvgIpc) is 3.29. The van der Waals surface area contributed by atoms with E-state index in [0.29, 0.717) is 4.34 Å². The first-order valence-corrected chi connectivity index (χ1v) is 9.74. The van der Waals surface area contributed by atoms with Crippen LogP contribution < -0.4 is 0 Å². The van der Waals surface area contributed by atoms with Gasteiger partial charge in [-0.2, -0.15) is 13.2 Å². The lowest BCUT2D eigenvalue weighted by atomic mass is 9.99. The molecule has 3 heterocycles. The van der Waals surface area contributed by atoms with Gasteiger partial charge in [-0.05, 0) is 36.1 Å². The quantitative estimate of drug-likeness (QED) is 0.500. The fraction of sp³-hybridized carbons (Fsp3) is 0.222. The molecule has 0 saturated heterocycles. The largest absolute Gasteiger partial charge is 0.422 e. The Bertz CT molecular complexity index is 1120. The molecule has 1 atom stereocenters. The third kappa shape index (κ3) is 3.09. The summed E-state index contributed by atoms with van der Waals surface area (Å²) >= 11 is 2.13. The third-order valence-electron chi connectivity index (χ3n) is 4.42. The van der Waals surface area contributed by atoms with Gasteiger partial charge in [0.15, 0.2) is 9.94 Å². The minimum atomic E-state index is -4.74. The molecule has 4 rings (SSSR count). The van der Waals surface area contributed by atoms with Crippen LogP contribution in [0.2, 0.25) is 0 Å². The molecule has 1 aromatic carbocycles. The van der Waals surface area contributed by atoms with Crippen LogP contribution >= 0.6 is 23.1 Å². The van der Waals surface area contributed by atoms with E-state index in [1.165, 1.54) is 18.7 Å². The van der Waals surface area contributed by atoms with Crippen LogP contribution in [0.25, 0.3) is 16.6 Å². The molecule has 3 aromatic heterocycles. The number of pyridine rings is 1. The van der Waals surface area contributed by atoms with E-state index in [-0.39, 0.29) is 4.88 Å². The lowest BCUT2D eigenvalue weighted by Gasteiger charge is -2.27. The fourth-order valence-electron chi connectivity index (χ4n) is 2.85. The van der Waals surface area contributed by atoms with Crippen molar-refractivity contribution in [1.82, 2.24) is 14.4 Å². The second kappa shape index (κ2) is 6.50. The van der Waals surface area contributed by atoms with Gasteiger partial charge < -0.3 is 5.11 Å². The van der Waals surface area contributed by atoms with Gasteiger partial charge in [-0.1, -0.05) is 24.8 Å². The number of fused-ring (bicyclic) bond motifs is 3. The number of benzene rings is 1. The van der Waals surface area contributed by atoms with E-state index in [4.69, 9.17) is 0 Å². The predicted molar refractivity (Wildman–Crippen MR) is 99.2 cm³/mol. The minimum Gasteiger partial charge on any atom is -0.376 e. The maximum atomic E-state index is 13.2. The molecule has 9 heteroatoms. The summed E-state index contributed by atoms with van der Waals surface area (Å²) in [5.41, 5.74) is -1.10. The standard InChI is InChI=1S/C18H14F3N3OS2/c1-2-17(25,18(19,20)21)14-10-23-16(27-14)26-12-5-3-11-4-6-15-22-7-8-24(15)13(11)9-12/h3-10,25H,2H2,1H3. The van der Waals surface area contributed by atoms with Crippen LogP contribution in [-0.2, 0) is 5.60 Å². The first-order chi connectivity index (χ1) is 12.8. The molecule has 0 amide bonds. The Morgan fingerprint density at radius 1 is 1.19 bits per heavy atom. The van der Waals surface area contributed by atoms with E-state index >= 15 is 0 Å². The van der Waals surface area contributed by atoms with Crippen molar-refractivity contribution in [2.75, 3.05) is 0 Å². The van der Waals surface area contributed by atoms with Crippen LogP contribution in [0.5, 0.6) is 0 Å². The molecule has 1 unspecified atom stereocenters. The summed E-state index contributed by atoms with van der Waals surface area (Å²) in [6.45, 7) is 1.31. The van der Waals surface area contributed by atoms with E-state index in [0.717, 1.165) is 39.0 Å². The van der Waals surface area contributed by atoms with Gasteiger partial charge >= 0.3 is 6.18 Å². The van der Waals surface area contributed by atoms with Gasteiger partial charge in [0, 0.05) is 23.5 Å². The van der Waals surface area contributed by atoms with Gasteiger partial charge in [0.25, 0.3) is 0 Å². The molecule has 0 fully saturated rings. The SMILES string of the molecule is CCC(O)(c1cnc(Sc2ccc3ccc4nccn4c3c2)s1)C(F)(F)F. The van der Waals surface area contributed by atoms with Crippen LogP contribution in [0, 0.1) is 0 Å². The lowest BCUT2D eigenvalue weighted by molar-refractivity contribution is -0.266. The molecule has 0 aliphatic rings. The zero-order chi connectivity index (χ0) is 19.2. The Morgan fingerprint density at radius 3 is 2.70 bits per heavy atom. The molecule has 140 valence electrons. The van der Waals surface area contributed by atoms with Crippen LogP contribution in [-0.4, -0.2) is 25.7 Å². The van der Waals surface area contributed by atoms with Crippen molar-refractivity contribution in [2.45, 2.75) is 34.4 Å². The summed E-state index contributed by atoms with van der Waals surface area (Å²) in [5.74, 6) is 0. The maximum Gasteiger partial charge on any atom is 0.422 e. The molecule has 4 nitrogen and oxygen atoms in total. The highest BCUT2D eigenvalue weighted by Gasteiger charge is 2.54. The average molecular weight is 409 g/mol. The van der Waals surface area contributed by atoms with Gasteiger partial charge in [-0.25, -0.2) is 9.97 Å². The summed E-state index contributed by atoms with van der Waals surface area (Å²) in [6.07, 6.45) is -0.522. The number of imidazole rings is 1. The van der Waals surface area contributed by atoms with Gasteiger partial charge in [-0.15, -0.1) is 11.3 Å². The van der Waals surface area contributed by atoms with Crippen LogP contribution in [0.4, 0.5) is 13.2 Å². The number of rotatable bonds is 4. The molecule has 0 bridgehead atoms. The molecule has 0 spiro atoms. The molecule has 4 aromatic rings. The maximum absolute atomic E-state index is 13.2. The number of nitrogens with zero attached hydrogens (tertiary/aromatic N) is 3. The predicted octanol–water partition coefficient (Wildman–Crippen LogP) is 5.26. The normalized spacial score (nSPS) is 14.7. The Labute approximate surface area is 160 Å². The molecule has 27 heavy (non-hydrogen) atoms. The van der Waals surface area contributed by atoms with E-state index in [9.17, 15) is 18.3 Å². The number of halogens is 3. The van der Waals surface area contributed by atoms with Crippen molar-refractivity contribution in [2.24, 2.45) is 0 Å². The molecule has 1 N–H and O–H groups in total. The summed E-state index contributed by atoms with van der Waals surface area (Å²) in [6, 6.07) is 9.69. The first-order valence-electron chi connectivity index (χ1n) is 8.11. The number of hydrogen-bond acceptors (Lipinski definition) is 5. The Morgan fingerprint density at radius 2 is 1.96 bits per heavy atom. The molecular formula is C18H14F3N3OS2. The third-order valence-corrected chi connectivity index (χ3v) is 6.63. The highest BCUT2D eigenvalue weighted by Crippen LogP contribution is 2.45. The molecule has 0 aliphatic heterocycles. The molecule has 0 aliphatic carbocycles. The van der Waals surface area contributed by atoms with Crippen molar-refractivity contribution in [3.63, 3.8) is 0 Å². The Kier molecular flexibility index (Phi) is 4.40. The molecule has 0 radical (unpaired) electrons. The van der Waals surface area contributed by atoms with Gasteiger partial charge in [-0.3, -0.25) is 4.40 Å². The second-order valence-electron chi connectivity index (χ2n) is 6.01. The number of aliphatic hydroxyl groups is 1. The van der Waals surface area contributed by atoms with E-state index < -0.39 is 18.2 Å². The van der Waals surface area contributed by atoms with E-state index in [1.54, 1.807) is 6.20 Å². The van der Waals surface area contributed by atoms with Gasteiger partial charge in [0.2, 0.25) is 0 Å². The summed E-state index contributed by atoms with van der Waals surface area (Å²) in [7, 11) is 0. The van der Waals surface area contributed by atoms with Crippen molar-refractivity contribution < 1.29 is 18.3 Å². The molecule has 0 saturated carbocycles. The Balaban J connectivity index is 1.68. The lowest BCUT2D eigenvalue weighted by Crippen LogP contribution is -2.40. The van der Waals surface area contributed by atoms with E-state index in [1.807, 2.05) is 40.9 Å². The van der Waals surface area contributed by atoms with Crippen molar-refractivity contribution in [1.29, 1.82) is 0 Å². The second-order valence-corrected chi connectivity index (χ2v) is 8.36. The van der Waals surface area contributed by atoms with Crippen LogP contribution in [0.15, 0.2) is 58.2 Å². The topological polar surface area (TPSA) is 50.4 Å². The number of alkyl halides is 3. The van der Waals surface area contributed by atoms with Gasteiger partial charge in [0.1, 0.15) is 5.65 Å². The smallest absolute Gasteiger partial charge is 0.376 e. The zero-order valence-electron chi connectivity index (χ0n) is 14.1. The van der Waals surface area contributed by atoms with Crippen molar-refractivity contribution in [3.8, 4) is 0 Å². The number of aromatic nitrogens is 3. The Hall–Kier alpha value is -2.10. The monoisotopic (exact) mass is 409 g/mol. The number of thiazole rings is 1. The summed E-state index contributed by atoms with van der Waals surface area (Å²) < 4.78 is 42.1. The zero-order valence-corrected chi connectivity index (χ0v) is 15.7. The van der Waals surface area contributed by atoms with Gasteiger partial charge in [0.05, 0.1) is 10.4 Å². The highest BCUT2D eigenvalue weighted by atomic mass is 32.2. The molecular weight excluding hydrogens is 395 g/mol. The highest BCUT2D eigenvalue weighted by molar-refractivity contribution is 8.01. The van der Waals surface area contributed by atoms with Crippen molar-refractivity contribution in [3.05, 3.63) is 53.8 Å². The first kappa shape index (κ1) is 18.3. The van der Waals surface area contributed by atoms with Crippen LogP contribution in [0.3, 0.4) is 0 Å². The minimum absolute atomic E-state index is 0.196. The summed E-state index contributed by atoms with van der Waals surface area (Å²) in [4.78, 5) is 8.98. The van der Waals surface area contributed by atoms with Crippen molar-refractivity contribution >= 4 is 39.6 Å². The number of hydrogen-bond donors (Lipinski definition) is 1. The summed E-state index contributed by atoms with van der Waals surface area (Å²) in [5, 5.41) is 11.1.